The monoisotopic (exact) mass is 349 g/mol. The van der Waals surface area contributed by atoms with Crippen LogP contribution in [-0.4, -0.2) is 12.5 Å². The average Bonchev–Trinajstić information content (AvgIpc) is 2.60. The molecule has 25 heavy (non-hydrogen) atoms. The highest BCUT2D eigenvalue weighted by Gasteiger charge is 2.15. The van der Waals surface area contributed by atoms with Crippen molar-refractivity contribution in [1.29, 1.82) is 0 Å². The summed E-state index contributed by atoms with van der Waals surface area (Å²) in [5.74, 6) is -5.07. The van der Waals surface area contributed by atoms with Gasteiger partial charge in [0, 0.05) is 17.5 Å². The molecular weight excluding hydrogens is 339 g/mol. The van der Waals surface area contributed by atoms with E-state index in [1.807, 2.05) is 0 Å². The molecule has 3 aromatic rings. The summed E-state index contributed by atoms with van der Waals surface area (Å²) in [6.07, 6.45) is 0. The molecule has 5 nitrogen and oxygen atoms in total. The Kier molecular flexibility index (Phi) is 4.42. The van der Waals surface area contributed by atoms with E-state index in [0.717, 1.165) is 6.07 Å². The minimum absolute atomic E-state index is 0.239. The molecule has 0 atom stereocenters. The van der Waals surface area contributed by atoms with Gasteiger partial charge in [-0.25, -0.2) is 18.0 Å². The zero-order valence-electron chi connectivity index (χ0n) is 12.5. The van der Waals surface area contributed by atoms with Crippen molar-refractivity contribution in [2.75, 3.05) is 11.9 Å². The maximum Gasteiger partial charge on any atom is 0.336 e. The Morgan fingerprint density at radius 2 is 1.80 bits per heavy atom. The van der Waals surface area contributed by atoms with Crippen LogP contribution in [0.15, 0.2) is 51.7 Å². The highest BCUT2D eigenvalue weighted by molar-refractivity contribution is 5.92. The molecule has 0 aliphatic carbocycles. The first-order chi connectivity index (χ1) is 11.9. The van der Waals surface area contributed by atoms with Crippen molar-refractivity contribution in [2.45, 2.75) is 0 Å². The SMILES string of the molecule is O=C(COc1ccc2ccc(=O)oc2c1)Nc1ccc(F)c(F)c1F. The number of hydrogen-bond donors (Lipinski definition) is 1. The van der Waals surface area contributed by atoms with Gasteiger partial charge in [0.05, 0.1) is 5.69 Å². The number of amides is 1. The molecule has 1 amide bonds. The lowest BCUT2D eigenvalue weighted by molar-refractivity contribution is -0.118. The van der Waals surface area contributed by atoms with Crippen molar-refractivity contribution >= 4 is 22.6 Å². The predicted molar refractivity (Wildman–Crippen MR) is 82.9 cm³/mol. The van der Waals surface area contributed by atoms with E-state index in [0.29, 0.717) is 11.5 Å². The lowest BCUT2D eigenvalue weighted by Gasteiger charge is -2.09. The van der Waals surface area contributed by atoms with E-state index in [4.69, 9.17) is 9.15 Å². The highest BCUT2D eigenvalue weighted by Crippen LogP contribution is 2.21. The third-order valence-electron chi connectivity index (χ3n) is 3.27. The largest absolute Gasteiger partial charge is 0.484 e. The van der Waals surface area contributed by atoms with Crippen LogP contribution >= 0.6 is 0 Å². The number of fused-ring (bicyclic) bond motifs is 1. The Morgan fingerprint density at radius 1 is 1.04 bits per heavy atom. The maximum absolute atomic E-state index is 13.5. The van der Waals surface area contributed by atoms with Gasteiger partial charge in [0.1, 0.15) is 11.3 Å². The fourth-order valence-electron chi connectivity index (χ4n) is 2.09. The Morgan fingerprint density at radius 3 is 2.60 bits per heavy atom. The molecule has 2 aromatic carbocycles. The first-order valence-electron chi connectivity index (χ1n) is 7.04. The lowest BCUT2D eigenvalue weighted by Crippen LogP contribution is -2.21. The molecule has 0 saturated carbocycles. The number of ether oxygens (including phenoxy) is 1. The summed E-state index contributed by atoms with van der Waals surface area (Å²) in [5, 5.41) is 2.74. The summed E-state index contributed by atoms with van der Waals surface area (Å²) >= 11 is 0. The van der Waals surface area contributed by atoms with Gasteiger partial charge in [0.25, 0.3) is 5.91 Å². The van der Waals surface area contributed by atoms with Crippen LogP contribution in [0.4, 0.5) is 18.9 Å². The number of hydrogen-bond acceptors (Lipinski definition) is 4. The standard InChI is InChI=1S/C17H10F3NO4/c18-11-4-5-12(17(20)16(11)19)21-14(22)8-24-10-3-1-9-2-6-15(23)25-13(9)7-10/h1-7H,8H2,(H,21,22). The first kappa shape index (κ1) is 16.6. The molecule has 128 valence electrons. The molecule has 0 aliphatic heterocycles. The Balaban J connectivity index is 1.68. The van der Waals surface area contributed by atoms with Gasteiger partial charge in [-0.3, -0.25) is 4.79 Å². The molecular formula is C17H10F3NO4. The fourth-order valence-corrected chi connectivity index (χ4v) is 2.09. The molecule has 8 heteroatoms. The number of rotatable bonds is 4. The zero-order valence-corrected chi connectivity index (χ0v) is 12.5. The van der Waals surface area contributed by atoms with Crippen molar-refractivity contribution < 1.29 is 27.1 Å². The molecule has 3 rings (SSSR count). The van der Waals surface area contributed by atoms with Crippen LogP contribution in [0.1, 0.15) is 0 Å². The van der Waals surface area contributed by atoms with Gasteiger partial charge in [-0.15, -0.1) is 0 Å². The maximum atomic E-state index is 13.5. The van der Waals surface area contributed by atoms with Crippen LogP contribution in [-0.2, 0) is 4.79 Å². The van der Waals surface area contributed by atoms with Crippen LogP contribution in [0.5, 0.6) is 5.75 Å². The van der Waals surface area contributed by atoms with Gasteiger partial charge in [-0.05, 0) is 30.3 Å². The predicted octanol–water partition coefficient (Wildman–Crippen LogP) is 3.23. The second-order valence-electron chi connectivity index (χ2n) is 5.01. The summed E-state index contributed by atoms with van der Waals surface area (Å²) in [7, 11) is 0. The Hall–Kier alpha value is -3.29. The molecule has 0 spiro atoms. The van der Waals surface area contributed by atoms with Gasteiger partial charge in [-0.2, -0.15) is 0 Å². The number of carbonyl (C=O) groups is 1. The molecule has 0 radical (unpaired) electrons. The van der Waals surface area contributed by atoms with Crippen molar-refractivity contribution in [3.05, 3.63) is 70.3 Å². The Bertz CT molecular complexity index is 1020. The average molecular weight is 349 g/mol. The fraction of sp³-hybridized carbons (Fsp3) is 0.0588. The van der Waals surface area contributed by atoms with Gasteiger partial charge in [0.15, 0.2) is 24.1 Å². The molecule has 0 fully saturated rings. The summed E-state index contributed by atoms with van der Waals surface area (Å²) in [5.41, 5.74) is -0.759. The van der Waals surface area contributed by atoms with Crippen molar-refractivity contribution in [3.63, 3.8) is 0 Å². The van der Waals surface area contributed by atoms with E-state index in [9.17, 15) is 22.8 Å². The van der Waals surface area contributed by atoms with E-state index in [1.54, 1.807) is 18.2 Å². The number of carbonyl (C=O) groups excluding carboxylic acids is 1. The molecule has 1 heterocycles. The van der Waals surface area contributed by atoms with E-state index < -0.39 is 41.3 Å². The normalized spacial score (nSPS) is 10.7. The smallest absolute Gasteiger partial charge is 0.336 e. The molecule has 1 N–H and O–H groups in total. The molecule has 0 aliphatic rings. The lowest BCUT2D eigenvalue weighted by atomic mass is 10.2. The molecule has 0 saturated heterocycles. The topological polar surface area (TPSA) is 68.5 Å². The van der Waals surface area contributed by atoms with Crippen LogP contribution < -0.4 is 15.7 Å². The molecule has 1 aromatic heterocycles. The third kappa shape index (κ3) is 3.63. The molecule has 0 bridgehead atoms. The summed E-state index contributed by atoms with van der Waals surface area (Å²) < 4.78 is 49.6. The number of anilines is 1. The quantitative estimate of drug-likeness (QED) is 0.580. The van der Waals surface area contributed by atoms with Crippen molar-refractivity contribution in [1.82, 2.24) is 0 Å². The minimum Gasteiger partial charge on any atom is -0.484 e. The van der Waals surface area contributed by atoms with E-state index in [-0.39, 0.29) is 11.3 Å². The van der Waals surface area contributed by atoms with Crippen LogP contribution in [0.3, 0.4) is 0 Å². The van der Waals surface area contributed by atoms with E-state index in [2.05, 4.69) is 5.32 Å². The van der Waals surface area contributed by atoms with Crippen LogP contribution in [0.25, 0.3) is 11.0 Å². The summed E-state index contributed by atoms with van der Waals surface area (Å²) in [4.78, 5) is 22.9. The van der Waals surface area contributed by atoms with Crippen molar-refractivity contribution in [2.24, 2.45) is 0 Å². The summed E-state index contributed by atoms with van der Waals surface area (Å²) in [6.45, 7) is -0.513. The Labute approximate surface area is 138 Å². The summed E-state index contributed by atoms with van der Waals surface area (Å²) in [6, 6.07) is 9.03. The van der Waals surface area contributed by atoms with E-state index in [1.165, 1.54) is 12.1 Å². The van der Waals surface area contributed by atoms with Crippen LogP contribution in [0.2, 0.25) is 0 Å². The number of benzene rings is 2. The van der Waals surface area contributed by atoms with Gasteiger partial charge >= 0.3 is 5.63 Å². The minimum atomic E-state index is -1.68. The van der Waals surface area contributed by atoms with E-state index >= 15 is 0 Å². The second kappa shape index (κ2) is 6.68. The number of nitrogens with one attached hydrogen (secondary N) is 1. The third-order valence-corrected chi connectivity index (χ3v) is 3.27. The van der Waals surface area contributed by atoms with Crippen molar-refractivity contribution in [3.8, 4) is 5.75 Å². The van der Waals surface area contributed by atoms with Crippen LogP contribution in [0, 0.1) is 17.5 Å². The second-order valence-corrected chi connectivity index (χ2v) is 5.01. The highest BCUT2D eigenvalue weighted by atomic mass is 19.2. The first-order valence-corrected chi connectivity index (χ1v) is 7.04. The zero-order chi connectivity index (χ0) is 18.0. The molecule has 0 unspecified atom stereocenters. The van der Waals surface area contributed by atoms with Gasteiger partial charge in [0.2, 0.25) is 0 Å². The van der Waals surface area contributed by atoms with Gasteiger partial charge < -0.3 is 14.5 Å². The number of halogens is 3. The van der Waals surface area contributed by atoms with Gasteiger partial charge in [-0.1, -0.05) is 0 Å².